The zero-order valence-electron chi connectivity index (χ0n) is 9.29. The van der Waals surface area contributed by atoms with E-state index in [4.69, 9.17) is 0 Å². The summed E-state index contributed by atoms with van der Waals surface area (Å²) >= 11 is 3.61. The molecule has 1 aliphatic carbocycles. The van der Waals surface area contributed by atoms with Crippen LogP contribution in [-0.2, 0) is 0 Å². The molecule has 0 N–H and O–H groups in total. The van der Waals surface area contributed by atoms with Crippen LogP contribution in [0.4, 0.5) is 0 Å². The van der Waals surface area contributed by atoms with Gasteiger partial charge in [0.25, 0.3) is 0 Å². The maximum absolute atomic E-state index is 4.67. The number of nitrogens with zero attached hydrogens (tertiary/aromatic N) is 1. The van der Waals surface area contributed by atoms with E-state index in [0.29, 0.717) is 5.92 Å². The maximum atomic E-state index is 4.67. The number of allylic oxidation sites excluding steroid dienone is 3. The molecule has 0 radical (unpaired) electrons. The van der Waals surface area contributed by atoms with Gasteiger partial charge in [0.15, 0.2) is 0 Å². The first-order chi connectivity index (χ1) is 7.66. The third-order valence-electron chi connectivity index (χ3n) is 3.28. The highest BCUT2D eigenvalue weighted by atomic mass is 79.9. The van der Waals surface area contributed by atoms with Crippen LogP contribution in [0, 0.1) is 5.92 Å². The molecule has 1 aromatic rings. The molecule has 1 unspecified atom stereocenters. The first-order valence-electron chi connectivity index (χ1n) is 5.45. The first kappa shape index (κ1) is 10.0. The van der Waals surface area contributed by atoms with E-state index in [9.17, 15) is 0 Å². The summed E-state index contributed by atoms with van der Waals surface area (Å²) in [6.45, 7) is 4.39. The van der Waals surface area contributed by atoms with Crippen molar-refractivity contribution in [3.8, 4) is 0 Å². The molecule has 0 saturated heterocycles. The molecule has 0 aromatic heterocycles. The number of rotatable bonds is 0. The Kier molecular flexibility index (Phi) is 2.15. The molecule has 0 amide bonds. The second-order valence-corrected chi connectivity index (χ2v) is 5.24. The second kappa shape index (κ2) is 3.42. The lowest BCUT2D eigenvalue weighted by atomic mass is 9.92. The Morgan fingerprint density at radius 1 is 1.31 bits per heavy atom. The molecule has 1 heterocycles. The number of halogens is 1. The van der Waals surface area contributed by atoms with Crippen LogP contribution in [-0.4, -0.2) is 0 Å². The second-order valence-electron chi connectivity index (χ2n) is 4.39. The van der Waals surface area contributed by atoms with E-state index in [1.807, 2.05) is 6.07 Å². The molecule has 2 heteroatoms. The monoisotopic (exact) mass is 273 g/mol. The molecule has 0 spiro atoms. The van der Waals surface area contributed by atoms with Crippen LogP contribution in [0.1, 0.15) is 13.8 Å². The fraction of sp³-hybridized carbons (Fsp3) is 0.214. The number of hydrogen-bond donors (Lipinski definition) is 0. The number of benzene rings is 1. The molecule has 16 heavy (non-hydrogen) atoms. The molecule has 1 aromatic carbocycles. The zero-order valence-corrected chi connectivity index (χ0v) is 10.9. The molecule has 0 bridgehead atoms. The van der Waals surface area contributed by atoms with Crippen LogP contribution in [0.5, 0.6) is 0 Å². The topological polar surface area (TPSA) is 12.4 Å². The first-order valence-corrected chi connectivity index (χ1v) is 6.24. The van der Waals surface area contributed by atoms with Gasteiger partial charge in [-0.15, -0.1) is 0 Å². The van der Waals surface area contributed by atoms with Gasteiger partial charge in [-0.3, -0.25) is 0 Å². The van der Waals surface area contributed by atoms with Gasteiger partial charge in [-0.05, 0) is 25.0 Å². The van der Waals surface area contributed by atoms with Gasteiger partial charge in [0.05, 0.1) is 11.1 Å². The minimum atomic E-state index is 0.496. The van der Waals surface area contributed by atoms with Gasteiger partial charge in [0.1, 0.15) is 0 Å². The average Bonchev–Trinajstić information content (AvgIpc) is 2.58. The van der Waals surface area contributed by atoms with Crippen molar-refractivity contribution >= 4 is 21.5 Å². The minimum absolute atomic E-state index is 0.496. The Hall–Kier alpha value is -1.15. The predicted molar refractivity (Wildman–Crippen MR) is 69.3 cm³/mol. The van der Waals surface area contributed by atoms with Crippen molar-refractivity contribution in [3.05, 3.63) is 56.7 Å². The van der Waals surface area contributed by atoms with Crippen LogP contribution < -0.4 is 10.6 Å². The number of hydrogen-bond acceptors (Lipinski definition) is 1. The Morgan fingerprint density at radius 2 is 2.12 bits per heavy atom. The summed E-state index contributed by atoms with van der Waals surface area (Å²) in [7, 11) is 0. The largest absolute Gasteiger partial charge is 0.248 e. The van der Waals surface area contributed by atoms with Crippen LogP contribution >= 0.6 is 15.9 Å². The van der Waals surface area contributed by atoms with E-state index in [0.717, 1.165) is 15.5 Å². The molecular weight excluding hydrogens is 262 g/mol. The fourth-order valence-corrected chi connectivity index (χ4v) is 2.76. The normalized spacial score (nSPS) is 21.9. The van der Waals surface area contributed by atoms with E-state index in [2.05, 4.69) is 59.1 Å². The standard InChI is InChI=1S/C14H12BrN/c1-8-6-10-13(7-9(8)2)16-12-5-3-4-11(15)14(10)12/h3-7,9H,1-2H3. The molecule has 0 saturated carbocycles. The highest BCUT2D eigenvalue weighted by Gasteiger charge is 2.18. The van der Waals surface area contributed by atoms with E-state index in [1.165, 1.54) is 16.4 Å². The molecule has 3 rings (SSSR count). The molecule has 0 fully saturated rings. The van der Waals surface area contributed by atoms with Crippen molar-refractivity contribution in [2.75, 3.05) is 0 Å². The summed E-state index contributed by atoms with van der Waals surface area (Å²) < 4.78 is 1.13. The zero-order chi connectivity index (χ0) is 11.3. The minimum Gasteiger partial charge on any atom is -0.248 e. The van der Waals surface area contributed by atoms with E-state index < -0.39 is 0 Å². The smallest absolute Gasteiger partial charge is 0.0727 e. The Morgan fingerprint density at radius 3 is 2.94 bits per heavy atom. The third kappa shape index (κ3) is 1.33. The van der Waals surface area contributed by atoms with E-state index in [-0.39, 0.29) is 0 Å². The van der Waals surface area contributed by atoms with Gasteiger partial charge in [-0.1, -0.05) is 46.6 Å². The Bertz CT molecular complexity index is 650. The van der Waals surface area contributed by atoms with Gasteiger partial charge in [-0.2, -0.15) is 0 Å². The summed E-state index contributed by atoms with van der Waals surface area (Å²) in [5.74, 6) is 0.496. The van der Waals surface area contributed by atoms with Crippen LogP contribution in [0.2, 0.25) is 0 Å². The van der Waals surface area contributed by atoms with Crippen molar-refractivity contribution < 1.29 is 0 Å². The Balaban J connectivity index is 2.43. The summed E-state index contributed by atoms with van der Waals surface area (Å²) in [5, 5.41) is 2.31. The molecule has 1 nitrogen and oxygen atoms in total. The quantitative estimate of drug-likeness (QED) is 0.689. The molecule has 1 atom stereocenters. The maximum Gasteiger partial charge on any atom is 0.0727 e. The van der Waals surface area contributed by atoms with Crippen LogP contribution in [0.25, 0.3) is 5.57 Å². The summed E-state index contributed by atoms with van der Waals surface area (Å²) in [4.78, 5) is 4.67. The van der Waals surface area contributed by atoms with Crippen LogP contribution in [0.3, 0.4) is 0 Å². The van der Waals surface area contributed by atoms with Crippen molar-refractivity contribution in [2.45, 2.75) is 13.8 Å². The molecular formula is C14H12BrN. The van der Waals surface area contributed by atoms with Crippen molar-refractivity contribution in [2.24, 2.45) is 10.9 Å². The van der Waals surface area contributed by atoms with Gasteiger partial charge in [0, 0.05) is 15.3 Å². The lowest BCUT2D eigenvalue weighted by molar-refractivity contribution is 0.846. The van der Waals surface area contributed by atoms with Gasteiger partial charge >= 0.3 is 0 Å². The van der Waals surface area contributed by atoms with E-state index >= 15 is 0 Å². The molecule has 2 aliphatic rings. The van der Waals surface area contributed by atoms with Crippen molar-refractivity contribution in [3.63, 3.8) is 0 Å². The SMILES string of the molecule is CC1=CC2=c3c(Br)cccc3=NC2=CC1C. The van der Waals surface area contributed by atoms with Crippen LogP contribution in [0.15, 0.2) is 51.1 Å². The Labute approximate surface area is 103 Å². The average molecular weight is 274 g/mol. The molecule has 1 aliphatic heterocycles. The fourth-order valence-electron chi connectivity index (χ4n) is 2.19. The summed E-state index contributed by atoms with van der Waals surface area (Å²) in [5.41, 5.74) is 3.79. The lowest BCUT2D eigenvalue weighted by Gasteiger charge is -2.15. The third-order valence-corrected chi connectivity index (χ3v) is 3.94. The van der Waals surface area contributed by atoms with E-state index in [1.54, 1.807) is 0 Å². The lowest BCUT2D eigenvalue weighted by Crippen LogP contribution is -2.24. The van der Waals surface area contributed by atoms with Crippen molar-refractivity contribution in [1.29, 1.82) is 0 Å². The molecule has 80 valence electrons. The highest BCUT2D eigenvalue weighted by Crippen LogP contribution is 2.29. The highest BCUT2D eigenvalue weighted by molar-refractivity contribution is 9.10. The van der Waals surface area contributed by atoms with Gasteiger partial charge in [0.2, 0.25) is 0 Å². The van der Waals surface area contributed by atoms with Gasteiger partial charge in [-0.25, -0.2) is 4.99 Å². The van der Waals surface area contributed by atoms with Gasteiger partial charge < -0.3 is 0 Å². The summed E-state index contributed by atoms with van der Waals surface area (Å²) in [6, 6.07) is 6.18. The summed E-state index contributed by atoms with van der Waals surface area (Å²) in [6.07, 6.45) is 4.51. The number of fused-ring (bicyclic) bond motifs is 2. The van der Waals surface area contributed by atoms with Crippen molar-refractivity contribution in [1.82, 2.24) is 0 Å². The predicted octanol–water partition coefficient (Wildman–Crippen LogP) is 2.71.